The number of alkyl halides is 3. The van der Waals surface area contributed by atoms with Gasteiger partial charge in [0.1, 0.15) is 0 Å². The Hall–Kier alpha value is -4.54. The first-order valence-electron chi connectivity index (χ1n) is 10.6. The normalized spacial score (nSPS) is 10.4. The van der Waals surface area contributed by atoms with E-state index in [4.69, 9.17) is 4.42 Å². The van der Waals surface area contributed by atoms with Gasteiger partial charge in [0.15, 0.2) is 0 Å². The van der Waals surface area contributed by atoms with E-state index in [9.17, 15) is 22.8 Å². The van der Waals surface area contributed by atoms with Gasteiger partial charge in [0.05, 0.1) is 30.5 Å². The molecular formula is C25H22F3N5O3. The zero-order valence-electron chi connectivity index (χ0n) is 19.4. The summed E-state index contributed by atoms with van der Waals surface area (Å²) in [6, 6.07) is 18.3. The van der Waals surface area contributed by atoms with Gasteiger partial charge >= 0.3 is 6.43 Å². The Kier molecular flexibility index (Phi) is 8.87. The molecular weight excluding hydrogens is 475 g/mol. The van der Waals surface area contributed by atoms with E-state index >= 15 is 0 Å². The molecule has 0 fully saturated rings. The third-order valence-electron chi connectivity index (χ3n) is 5.05. The van der Waals surface area contributed by atoms with Crippen molar-refractivity contribution in [3.63, 3.8) is 0 Å². The Balaban J connectivity index is 0.00000176. The standard InChI is InChI=1S/C24H19F2N5O3.CH3F/c1-31(13-18-9-7-17(12-27-18)23-29-30-24(34-23)21(25)26)20-10-8-16(15-5-3-2-4-6-15)11-19(20)22(33)28-14-32;1-2/h2-12,14,21H,13H2,1H3,(H,28,32,33);1H3. The maximum atomic E-state index is 12.7. The van der Waals surface area contributed by atoms with Gasteiger partial charge in [-0.1, -0.05) is 36.4 Å². The number of hydrogen-bond acceptors (Lipinski definition) is 7. The first-order valence-corrected chi connectivity index (χ1v) is 10.6. The maximum Gasteiger partial charge on any atom is 0.314 e. The molecule has 2 amide bonds. The second-order valence-corrected chi connectivity index (χ2v) is 7.33. The molecule has 4 rings (SSSR count). The van der Waals surface area contributed by atoms with Crippen molar-refractivity contribution in [2.75, 3.05) is 19.1 Å². The van der Waals surface area contributed by atoms with E-state index in [1.54, 1.807) is 31.3 Å². The van der Waals surface area contributed by atoms with Crippen LogP contribution in [0.15, 0.2) is 71.3 Å². The molecule has 4 aromatic rings. The number of carbonyl (C=O) groups is 2. The van der Waals surface area contributed by atoms with Crippen LogP contribution in [0.5, 0.6) is 0 Å². The molecule has 11 heteroatoms. The van der Waals surface area contributed by atoms with Crippen LogP contribution >= 0.6 is 0 Å². The molecule has 0 spiro atoms. The van der Waals surface area contributed by atoms with Gasteiger partial charge < -0.3 is 9.32 Å². The Morgan fingerprint density at radius 1 is 1.03 bits per heavy atom. The maximum absolute atomic E-state index is 12.7. The van der Waals surface area contributed by atoms with Crippen molar-refractivity contribution in [2.45, 2.75) is 13.0 Å². The average Bonchev–Trinajstić information content (AvgIpc) is 3.41. The summed E-state index contributed by atoms with van der Waals surface area (Å²) in [5.74, 6) is -1.32. The van der Waals surface area contributed by atoms with Crippen LogP contribution in [-0.2, 0) is 11.3 Å². The van der Waals surface area contributed by atoms with E-state index in [-0.39, 0.29) is 5.89 Å². The molecule has 8 nitrogen and oxygen atoms in total. The third-order valence-corrected chi connectivity index (χ3v) is 5.05. The number of aromatic nitrogens is 3. The number of anilines is 1. The number of nitrogens with zero attached hydrogens (tertiary/aromatic N) is 4. The lowest BCUT2D eigenvalue weighted by atomic mass is 10.0. The van der Waals surface area contributed by atoms with Gasteiger partial charge in [-0.15, -0.1) is 10.2 Å². The fraction of sp³-hybridized carbons (Fsp3) is 0.160. The number of imide groups is 1. The molecule has 0 aliphatic carbocycles. The largest absolute Gasteiger partial charge is 0.415 e. The first kappa shape index (κ1) is 26.1. The zero-order chi connectivity index (χ0) is 26.1. The number of amides is 2. The predicted octanol–water partition coefficient (Wildman–Crippen LogP) is 4.84. The average molecular weight is 497 g/mol. The van der Waals surface area contributed by atoms with Crippen molar-refractivity contribution in [3.8, 4) is 22.6 Å². The van der Waals surface area contributed by atoms with Gasteiger partial charge in [-0.3, -0.25) is 24.3 Å². The summed E-state index contributed by atoms with van der Waals surface area (Å²) >= 11 is 0. The topological polar surface area (TPSA) is 101 Å². The summed E-state index contributed by atoms with van der Waals surface area (Å²) in [5, 5.41) is 9.11. The lowest BCUT2D eigenvalue weighted by Gasteiger charge is -2.22. The van der Waals surface area contributed by atoms with Crippen LogP contribution < -0.4 is 10.2 Å². The minimum Gasteiger partial charge on any atom is -0.415 e. The predicted molar refractivity (Wildman–Crippen MR) is 127 cm³/mol. The fourth-order valence-electron chi connectivity index (χ4n) is 3.40. The molecule has 0 saturated carbocycles. The van der Waals surface area contributed by atoms with Gasteiger partial charge in [0, 0.05) is 18.9 Å². The van der Waals surface area contributed by atoms with Crippen molar-refractivity contribution in [2.24, 2.45) is 0 Å². The van der Waals surface area contributed by atoms with Gasteiger partial charge in [0.2, 0.25) is 12.3 Å². The molecule has 0 bridgehead atoms. The van der Waals surface area contributed by atoms with Crippen molar-refractivity contribution in [3.05, 3.63) is 84.0 Å². The molecule has 0 saturated heterocycles. The Bertz CT molecular complexity index is 1300. The summed E-state index contributed by atoms with van der Waals surface area (Å²) in [7, 11) is 2.29. The monoisotopic (exact) mass is 497 g/mol. The van der Waals surface area contributed by atoms with Crippen LogP contribution in [0.2, 0.25) is 0 Å². The Labute approximate surface area is 204 Å². The number of carbonyl (C=O) groups excluding carboxylic acids is 2. The van der Waals surface area contributed by atoms with Gasteiger partial charge in [-0.2, -0.15) is 8.78 Å². The first-order chi connectivity index (χ1) is 17.5. The summed E-state index contributed by atoms with van der Waals surface area (Å²) in [6.07, 6.45) is -1.05. The Morgan fingerprint density at radius 3 is 2.36 bits per heavy atom. The minimum absolute atomic E-state index is 0.0491. The van der Waals surface area contributed by atoms with E-state index < -0.39 is 18.2 Å². The number of nitrogens with one attached hydrogen (secondary N) is 1. The van der Waals surface area contributed by atoms with E-state index in [1.165, 1.54) is 6.20 Å². The molecule has 2 aromatic heterocycles. The van der Waals surface area contributed by atoms with Gasteiger partial charge in [0.25, 0.3) is 11.8 Å². The molecule has 0 aliphatic heterocycles. The summed E-state index contributed by atoms with van der Waals surface area (Å²) in [6.45, 7) is 0.332. The van der Waals surface area contributed by atoms with Crippen molar-refractivity contribution in [1.29, 1.82) is 0 Å². The van der Waals surface area contributed by atoms with Crippen LogP contribution in [0, 0.1) is 0 Å². The number of rotatable bonds is 8. The van der Waals surface area contributed by atoms with Crippen LogP contribution in [-0.4, -0.2) is 41.7 Å². The highest BCUT2D eigenvalue weighted by molar-refractivity contribution is 6.05. The molecule has 0 radical (unpaired) electrons. The van der Waals surface area contributed by atoms with E-state index in [2.05, 4.69) is 20.5 Å². The van der Waals surface area contributed by atoms with Crippen molar-refractivity contribution < 1.29 is 27.2 Å². The third kappa shape index (κ3) is 6.12. The van der Waals surface area contributed by atoms with Crippen LogP contribution in [0.3, 0.4) is 0 Å². The summed E-state index contributed by atoms with van der Waals surface area (Å²) < 4.78 is 39.8. The highest BCUT2D eigenvalue weighted by Gasteiger charge is 2.18. The second-order valence-electron chi connectivity index (χ2n) is 7.33. The van der Waals surface area contributed by atoms with Crippen molar-refractivity contribution >= 4 is 18.0 Å². The van der Waals surface area contributed by atoms with E-state index in [0.717, 1.165) is 11.1 Å². The SMILES string of the molecule is CF.CN(Cc1ccc(-c2nnc(C(F)F)o2)cn1)c1ccc(-c2ccccc2)cc1C(=O)NC=O. The quantitative estimate of drug-likeness (QED) is 0.348. The smallest absolute Gasteiger partial charge is 0.314 e. The van der Waals surface area contributed by atoms with Crippen LogP contribution in [0.4, 0.5) is 18.9 Å². The van der Waals surface area contributed by atoms with Gasteiger partial charge in [-0.25, -0.2) is 0 Å². The lowest BCUT2D eigenvalue weighted by Crippen LogP contribution is -2.26. The number of hydrogen-bond donors (Lipinski definition) is 1. The van der Waals surface area contributed by atoms with Gasteiger partial charge in [-0.05, 0) is 35.4 Å². The molecule has 36 heavy (non-hydrogen) atoms. The Morgan fingerprint density at radius 2 is 1.75 bits per heavy atom. The molecule has 0 aliphatic rings. The lowest BCUT2D eigenvalue weighted by molar-refractivity contribution is -0.108. The molecule has 1 N–H and O–H groups in total. The van der Waals surface area contributed by atoms with E-state index in [1.807, 2.05) is 41.3 Å². The zero-order valence-corrected chi connectivity index (χ0v) is 19.4. The molecule has 2 aromatic carbocycles. The van der Waals surface area contributed by atoms with E-state index in [0.29, 0.717) is 42.6 Å². The fourth-order valence-corrected chi connectivity index (χ4v) is 3.40. The summed E-state index contributed by atoms with van der Waals surface area (Å²) in [5.41, 5.74) is 3.75. The second kappa shape index (κ2) is 12.2. The number of pyridine rings is 1. The molecule has 0 atom stereocenters. The molecule has 2 heterocycles. The highest BCUT2D eigenvalue weighted by Crippen LogP contribution is 2.28. The minimum atomic E-state index is -2.85. The highest BCUT2D eigenvalue weighted by atomic mass is 19.3. The molecule has 0 unspecified atom stereocenters. The number of benzene rings is 2. The van der Waals surface area contributed by atoms with Crippen molar-refractivity contribution in [1.82, 2.24) is 20.5 Å². The summed E-state index contributed by atoms with van der Waals surface area (Å²) in [4.78, 5) is 29.6. The molecule has 186 valence electrons. The number of halogens is 3. The van der Waals surface area contributed by atoms with Crippen LogP contribution in [0.25, 0.3) is 22.6 Å². The van der Waals surface area contributed by atoms with Crippen LogP contribution in [0.1, 0.15) is 28.4 Å².